The van der Waals surface area contributed by atoms with E-state index in [1.54, 1.807) is 32.8 Å². The van der Waals surface area contributed by atoms with E-state index in [-0.39, 0.29) is 18.4 Å². The lowest BCUT2D eigenvalue weighted by molar-refractivity contribution is -0.163. The number of ether oxygens (including phenoxy) is 2. The first-order valence-electron chi connectivity index (χ1n) is 9.27. The Hall–Kier alpha value is -2.55. The molecule has 1 aromatic carbocycles. The van der Waals surface area contributed by atoms with E-state index in [0.29, 0.717) is 6.54 Å². The second-order valence-corrected chi connectivity index (χ2v) is 8.37. The van der Waals surface area contributed by atoms with Crippen LogP contribution in [-0.2, 0) is 20.9 Å². The Labute approximate surface area is 160 Å². The van der Waals surface area contributed by atoms with Crippen LogP contribution in [-0.4, -0.2) is 36.0 Å². The molecule has 1 saturated carbocycles. The van der Waals surface area contributed by atoms with Crippen LogP contribution in [0.5, 0.6) is 5.75 Å². The lowest BCUT2D eigenvalue weighted by Crippen LogP contribution is -2.42. The summed E-state index contributed by atoms with van der Waals surface area (Å²) in [5, 5.41) is 9.95. The van der Waals surface area contributed by atoms with Crippen molar-refractivity contribution in [3.05, 3.63) is 29.8 Å². The van der Waals surface area contributed by atoms with E-state index in [4.69, 9.17) is 9.47 Å². The maximum atomic E-state index is 13.2. The number of likely N-dealkylation sites (tertiary alicyclic amines) is 1. The number of methoxy groups -OCH3 is 1. The van der Waals surface area contributed by atoms with Gasteiger partial charge in [-0.1, -0.05) is 12.1 Å². The number of carbonyl (C=O) groups is 2. The van der Waals surface area contributed by atoms with E-state index in [2.05, 4.69) is 6.07 Å². The Morgan fingerprint density at radius 1 is 1.30 bits per heavy atom. The molecule has 2 fully saturated rings. The van der Waals surface area contributed by atoms with Gasteiger partial charge in [0.15, 0.2) is 5.41 Å². The molecule has 1 aliphatic heterocycles. The molecule has 0 radical (unpaired) electrons. The van der Waals surface area contributed by atoms with Gasteiger partial charge >= 0.3 is 5.97 Å². The molecule has 6 nitrogen and oxygen atoms in total. The van der Waals surface area contributed by atoms with Crippen molar-refractivity contribution in [1.82, 2.24) is 4.90 Å². The van der Waals surface area contributed by atoms with Crippen LogP contribution in [0.2, 0.25) is 0 Å². The summed E-state index contributed by atoms with van der Waals surface area (Å²) in [5.41, 5.74) is -1.03. The molecule has 0 N–H and O–H groups in total. The fraction of sp³-hybridized carbons (Fsp3) is 0.571. The summed E-state index contributed by atoms with van der Waals surface area (Å²) in [4.78, 5) is 27.7. The molecule has 0 aromatic heterocycles. The van der Waals surface area contributed by atoms with Crippen molar-refractivity contribution < 1.29 is 19.1 Å². The van der Waals surface area contributed by atoms with Gasteiger partial charge in [0.1, 0.15) is 17.3 Å². The summed E-state index contributed by atoms with van der Waals surface area (Å²) < 4.78 is 10.7. The summed E-state index contributed by atoms with van der Waals surface area (Å²) >= 11 is 0. The molecule has 1 aromatic rings. The zero-order chi connectivity index (χ0) is 19.8. The molecule has 1 amide bonds. The van der Waals surface area contributed by atoms with Gasteiger partial charge in [0.2, 0.25) is 5.91 Å². The highest BCUT2D eigenvalue weighted by molar-refractivity contribution is 5.95. The highest BCUT2D eigenvalue weighted by atomic mass is 16.6. The van der Waals surface area contributed by atoms with Crippen LogP contribution in [0.3, 0.4) is 0 Å². The van der Waals surface area contributed by atoms with Crippen LogP contribution >= 0.6 is 0 Å². The average molecular weight is 370 g/mol. The summed E-state index contributed by atoms with van der Waals surface area (Å²) in [6.07, 6.45) is 1.60. The third kappa shape index (κ3) is 3.64. The third-order valence-electron chi connectivity index (χ3n) is 5.22. The van der Waals surface area contributed by atoms with Crippen LogP contribution in [0.25, 0.3) is 0 Å². The van der Waals surface area contributed by atoms with Gasteiger partial charge < -0.3 is 14.4 Å². The van der Waals surface area contributed by atoms with Gasteiger partial charge in [0, 0.05) is 13.1 Å². The van der Waals surface area contributed by atoms with Crippen molar-refractivity contribution in [1.29, 1.82) is 5.26 Å². The molecule has 1 heterocycles. The average Bonchev–Trinajstić information content (AvgIpc) is 3.41. The van der Waals surface area contributed by atoms with E-state index in [1.807, 2.05) is 24.3 Å². The van der Waals surface area contributed by atoms with Crippen LogP contribution in [0.1, 0.15) is 39.2 Å². The van der Waals surface area contributed by atoms with Crippen molar-refractivity contribution in [2.45, 2.75) is 45.8 Å². The summed E-state index contributed by atoms with van der Waals surface area (Å²) in [7, 11) is 1.60. The monoisotopic (exact) mass is 370 g/mol. The lowest BCUT2D eigenvalue weighted by Gasteiger charge is -2.27. The highest BCUT2D eigenvalue weighted by Gasteiger charge is 2.65. The van der Waals surface area contributed by atoms with E-state index in [1.165, 1.54) is 0 Å². The molecule has 27 heavy (non-hydrogen) atoms. The van der Waals surface area contributed by atoms with Gasteiger partial charge in [-0.3, -0.25) is 9.59 Å². The summed E-state index contributed by atoms with van der Waals surface area (Å²) in [5.74, 6) is -0.781. The van der Waals surface area contributed by atoms with Crippen LogP contribution in [0, 0.1) is 28.6 Å². The van der Waals surface area contributed by atoms with Gasteiger partial charge in [-0.15, -0.1) is 0 Å². The van der Waals surface area contributed by atoms with Gasteiger partial charge in [-0.05, 0) is 57.2 Å². The lowest BCUT2D eigenvalue weighted by atomic mass is 9.74. The van der Waals surface area contributed by atoms with Crippen molar-refractivity contribution >= 4 is 11.9 Å². The predicted octanol–water partition coefficient (Wildman–Crippen LogP) is 2.92. The molecule has 144 valence electrons. The van der Waals surface area contributed by atoms with Crippen molar-refractivity contribution in [3.8, 4) is 11.8 Å². The maximum absolute atomic E-state index is 13.2. The predicted molar refractivity (Wildman–Crippen MR) is 98.5 cm³/mol. The Morgan fingerprint density at radius 3 is 2.41 bits per heavy atom. The molecule has 6 heteroatoms. The molecule has 0 spiro atoms. The topological polar surface area (TPSA) is 79.6 Å². The number of nitriles is 1. The minimum Gasteiger partial charge on any atom is -0.497 e. The fourth-order valence-electron chi connectivity index (χ4n) is 3.79. The van der Waals surface area contributed by atoms with E-state index < -0.39 is 22.9 Å². The van der Waals surface area contributed by atoms with Crippen molar-refractivity contribution in [2.24, 2.45) is 17.3 Å². The zero-order valence-electron chi connectivity index (χ0n) is 16.3. The van der Waals surface area contributed by atoms with Crippen LogP contribution in [0.4, 0.5) is 0 Å². The Balaban J connectivity index is 1.86. The molecule has 1 aliphatic carbocycles. The second kappa shape index (κ2) is 6.88. The number of hydrogen-bond acceptors (Lipinski definition) is 5. The number of carbonyl (C=O) groups excluding carboxylic acids is 2. The van der Waals surface area contributed by atoms with Gasteiger partial charge in [-0.25, -0.2) is 0 Å². The highest BCUT2D eigenvalue weighted by Crippen LogP contribution is 2.54. The smallest absolute Gasteiger partial charge is 0.313 e. The SMILES string of the molecule is COc1ccc(CN2CC(C(=O)OC(C)(C)C)C(C#N)(C3CC3)C2=O)cc1. The van der Waals surface area contributed by atoms with Gasteiger partial charge in [0.05, 0.1) is 13.2 Å². The molecule has 3 rings (SSSR count). The number of esters is 1. The molecule has 2 aliphatic rings. The molecule has 2 atom stereocenters. The summed E-state index contributed by atoms with van der Waals surface area (Å²) in [6, 6.07) is 9.67. The molecule has 2 unspecified atom stereocenters. The molecular formula is C21H26N2O4. The number of rotatable bonds is 5. The number of benzene rings is 1. The standard InChI is InChI=1S/C21H26N2O4/c1-20(2,3)27-18(24)17-12-23(11-14-5-9-16(26-4)10-6-14)19(25)21(17,13-22)15-7-8-15/h5-6,9-10,15,17H,7-8,11-12H2,1-4H3. The molecular weight excluding hydrogens is 344 g/mol. The van der Waals surface area contributed by atoms with Crippen LogP contribution in [0.15, 0.2) is 24.3 Å². The largest absolute Gasteiger partial charge is 0.497 e. The zero-order valence-corrected chi connectivity index (χ0v) is 16.3. The minimum atomic E-state index is -1.30. The number of nitrogens with zero attached hydrogens (tertiary/aromatic N) is 2. The first-order valence-corrected chi connectivity index (χ1v) is 9.27. The van der Waals surface area contributed by atoms with E-state index >= 15 is 0 Å². The van der Waals surface area contributed by atoms with E-state index in [9.17, 15) is 14.9 Å². The quantitative estimate of drug-likeness (QED) is 0.745. The first kappa shape index (κ1) is 19.2. The van der Waals surface area contributed by atoms with Crippen molar-refractivity contribution in [2.75, 3.05) is 13.7 Å². The molecule has 1 saturated heterocycles. The van der Waals surface area contributed by atoms with Crippen molar-refractivity contribution in [3.63, 3.8) is 0 Å². The normalized spacial score (nSPS) is 25.2. The number of hydrogen-bond donors (Lipinski definition) is 0. The Morgan fingerprint density at radius 2 is 1.93 bits per heavy atom. The Kier molecular flexibility index (Phi) is 4.90. The maximum Gasteiger partial charge on any atom is 0.313 e. The number of amides is 1. The summed E-state index contributed by atoms with van der Waals surface area (Å²) in [6.45, 7) is 5.95. The third-order valence-corrected chi connectivity index (χ3v) is 5.22. The Bertz CT molecular complexity index is 771. The van der Waals surface area contributed by atoms with E-state index in [0.717, 1.165) is 24.2 Å². The minimum absolute atomic E-state index is 0.0617. The second-order valence-electron chi connectivity index (χ2n) is 8.37. The molecule has 0 bridgehead atoms. The van der Waals surface area contributed by atoms with Crippen LogP contribution < -0.4 is 4.74 Å². The van der Waals surface area contributed by atoms with Gasteiger partial charge in [0.25, 0.3) is 0 Å². The van der Waals surface area contributed by atoms with Gasteiger partial charge in [-0.2, -0.15) is 5.26 Å². The fourth-order valence-corrected chi connectivity index (χ4v) is 3.79. The first-order chi connectivity index (χ1) is 12.7.